The van der Waals surface area contributed by atoms with Gasteiger partial charge in [-0.2, -0.15) is 0 Å². The van der Waals surface area contributed by atoms with Crippen LogP contribution in [0.5, 0.6) is 0 Å². The third-order valence-corrected chi connectivity index (χ3v) is 4.37. The number of thiophene rings is 1. The zero-order chi connectivity index (χ0) is 14.0. The van der Waals surface area contributed by atoms with Crippen LogP contribution in [0.25, 0.3) is 0 Å². The number of hydrogen-bond acceptors (Lipinski definition) is 3. The number of carboxylic acids is 1. The van der Waals surface area contributed by atoms with Gasteiger partial charge in [0.1, 0.15) is 4.88 Å². The van der Waals surface area contributed by atoms with E-state index >= 15 is 0 Å². The second kappa shape index (κ2) is 5.85. The molecule has 7 heteroatoms. The normalized spacial score (nSPS) is 10.2. The lowest BCUT2D eigenvalue weighted by Gasteiger charge is -2.05. The third-order valence-electron chi connectivity index (χ3n) is 2.23. The number of carbonyl (C=O) groups is 2. The lowest BCUT2D eigenvalue weighted by atomic mass is 10.2. The highest BCUT2D eigenvalue weighted by atomic mass is 79.9. The first kappa shape index (κ1) is 14.2. The molecule has 0 bridgehead atoms. The number of amides is 1. The molecule has 0 spiro atoms. The summed E-state index contributed by atoms with van der Waals surface area (Å²) in [5.41, 5.74) is 0.480. The Balaban J connectivity index is 2.18. The van der Waals surface area contributed by atoms with Gasteiger partial charge in [0.15, 0.2) is 0 Å². The fourth-order valence-electron chi connectivity index (χ4n) is 1.37. The van der Waals surface area contributed by atoms with Gasteiger partial charge in [-0.3, -0.25) is 4.79 Å². The van der Waals surface area contributed by atoms with Gasteiger partial charge in [-0.25, -0.2) is 4.79 Å². The fraction of sp³-hybridized carbons (Fsp3) is 0. The van der Waals surface area contributed by atoms with Crippen molar-refractivity contribution in [3.63, 3.8) is 0 Å². The molecule has 0 aliphatic carbocycles. The molecule has 19 heavy (non-hydrogen) atoms. The van der Waals surface area contributed by atoms with E-state index < -0.39 is 5.97 Å². The van der Waals surface area contributed by atoms with Gasteiger partial charge in [-0.15, -0.1) is 11.3 Å². The van der Waals surface area contributed by atoms with E-state index in [2.05, 4.69) is 37.2 Å². The predicted octanol–water partition coefficient (Wildman–Crippen LogP) is 4.22. The summed E-state index contributed by atoms with van der Waals surface area (Å²) in [4.78, 5) is 23.0. The smallest absolute Gasteiger partial charge is 0.345 e. The van der Waals surface area contributed by atoms with Gasteiger partial charge in [0, 0.05) is 8.95 Å². The first-order valence-electron chi connectivity index (χ1n) is 5.07. The topological polar surface area (TPSA) is 66.4 Å². The van der Waals surface area contributed by atoms with Crippen molar-refractivity contribution in [3.8, 4) is 0 Å². The molecule has 1 heterocycles. The van der Waals surface area contributed by atoms with E-state index in [1.54, 1.807) is 24.3 Å². The van der Waals surface area contributed by atoms with E-state index in [0.29, 0.717) is 15.0 Å². The number of aromatic carboxylic acids is 1. The molecule has 0 aliphatic rings. The van der Waals surface area contributed by atoms with E-state index in [4.69, 9.17) is 5.11 Å². The molecule has 1 aromatic carbocycles. The number of benzene rings is 1. The van der Waals surface area contributed by atoms with Crippen LogP contribution in [0.1, 0.15) is 20.0 Å². The zero-order valence-corrected chi connectivity index (χ0v) is 13.3. The first-order chi connectivity index (χ1) is 8.97. The lowest BCUT2D eigenvalue weighted by molar-refractivity contribution is 0.0702. The average molecular weight is 405 g/mol. The summed E-state index contributed by atoms with van der Waals surface area (Å²) in [5.74, 6) is -1.30. The number of halogens is 2. The van der Waals surface area contributed by atoms with Gasteiger partial charge in [0.25, 0.3) is 5.91 Å². The number of carbonyl (C=O) groups excluding carboxylic acids is 1. The van der Waals surface area contributed by atoms with Crippen LogP contribution >= 0.6 is 43.2 Å². The highest BCUT2D eigenvalue weighted by molar-refractivity contribution is 9.11. The molecule has 1 aromatic heterocycles. The lowest BCUT2D eigenvalue weighted by Crippen LogP contribution is -2.11. The van der Waals surface area contributed by atoms with E-state index in [9.17, 15) is 9.59 Å². The Morgan fingerprint density at radius 1 is 1.16 bits per heavy atom. The fourth-order valence-corrected chi connectivity index (χ4v) is 3.34. The van der Waals surface area contributed by atoms with E-state index in [-0.39, 0.29) is 10.8 Å². The molecule has 0 atom stereocenters. The molecule has 0 aliphatic heterocycles. The zero-order valence-electron chi connectivity index (χ0n) is 9.31. The maximum Gasteiger partial charge on any atom is 0.345 e. The van der Waals surface area contributed by atoms with Crippen molar-refractivity contribution in [1.29, 1.82) is 0 Å². The van der Waals surface area contributed by atoms with Crippen LogP contribution in [0, 0.1) is 0 Å². The Kier molecular flexibility index (Phi) is 4.38. The summed E-state index contributed by atoms with van der Waals surface area (Å²) < 4.78 is 1.52. The van der Waals surface area contributed by atoms with E-state index in [1.807, 2.05) is 0 Å². The second-order valence-electron chi connectivity index (χ2n) is 3.55. The van der Waals surface area contributed by atoms with Crippen molar-refractivity contribution in [3.05, 3.63) is 49.7 Å². The summed E-state index contributed by atoms with van der Waals surface area (Å²) in [7, 11) is 0. The number of nitrogens with one attached hydrogen (secondary N) is 1. The Bertz CT molecular complexity index is 654. The van der Waals surface area contributed by atoms with Gasteiger partial charge < -0.3 is 10.4 Å². The molecule has 2 N–H and O–H groups in total. The Hall–Kier alpha value is -1.18. The Morgan fingerprint density at radius 2 is 1.89 bits per heavy atom. The maximum absolute atomic E-state index is 12.0. The minimum Gasteiger partial charge on any atom is -0.477 e. The predicted molar refractivity (Wildman–Crippen MR) is 81.1 cm³/mol. The average Bonchev–Trinajstić information content (AvgIpc) is 2.77. The maximum atomic E-state index is 12.0. The van der Waals surface area contributed by atoms with Crippen molar-refractivity contribution in [2.75, 3.05) is 5.32 Å². The molecule has 4 nitrogen and oxygen atoms in total. The van der Waals surface area contributed by atoms with Crippen molar-refractivity contribution >= 4 is 60.1 Å². The monoisotopic (exact) mass is 403 g/mol. The molecule has 0 saturated carbocycles. The first-order valence-corrected chi connectivity index (χ1v) is 7.47. The highest BCUT2D eigenvalue weighted by Crippen LogP contribution is 2.25. The van der Waals surface area contributed by atoms with Gasteiger partial charge >= 0.3 is 5.97 Å². The van der Waals surface area contributed by atoms with Crippen LogP contribution in [-0.4, -0.2) is 17.0 Å². The second-order valence-corrected chi connectivity index (χ2v) is 6.40. The number of rotatable bonds is 3. The molecule has 0 radical (unpaired) electrons. The highest BCUT2D eigenvalue weighted by Gasteiger charge is 2.13. The summed E-state index contributed by atoms with van der Waals surface area (Å²) in [6, 6.07) is 8.23. The molecule has 0 fully saturated rings. The van der Waals surface area contributed by atoms with Crippen LogP contribution in [0.2, 0.25) is 0 Å². The molecule has 2 aromatic rings. The van der Waals surface area contributed by atoms with Crippen molar-refractivity contribution in [1.82, 2.24) is 0 Å². The van der Waals surface area contributed by atoms with Crippen molar-refractivity contribution in [2.24, 2.45) is 0 Å². The molecular weight excluding hydrogens is 398 g/mol. The molecular formula is C12H7Br2NO3S. The minimum atomic E-state index is -1.00. The van der Waals surface area contributed by atoms with Crippen molar-refractivity contribution in [2.45, 2.75) is 0 Å². The molecule has 0 unspecified atom stereocenters. The SMILES string of the molecule is O=C(O)c1ccc(NC(=O)c2ccc(Br)cc2Br)s1. The third kappa shape index (κ3) is 3.43. The summed E-state index contributed by atoms with van der Waals surface area (Å²) in [6.07, 6.45) is 0. The molecule has 98 valence electrons. The standard InChI is InChI=1S/C12H7Br2NO3S/c13-6-1-2-7(8(14)5-6)11(16)15-10-4-3-9(19-10)12(17)18/h1-5H,(H,15,16)(H,17,18). The quantitative estimate of drug-likeness (QED) is 0.804. The van der Waals surface area contributed by atoms with E-state index in [0.717, 1.165) is 15.8 Å². The largest absolute Gasteiger partial charge is 0.477 e. The van der Waals surface area contributed by atoms with Crippen LogP contribution in [0.15, 0.2) is 39.3 Å². The number of hydrogen-bond donors (Lipinski definition) is 2. The van der Waals surface area contributed by atoms with E-state index in [1.165, 1.54) is 6.07 Å². The molecule has 0 saturated heterocycles. The van der Waals surface area contributed by atoms with Gasteiger partial charge in [0.2, 0.25) is 0 Å². The van der Waals surface area contributed by atoms with Crippen LogP contribution in [0.4, 0.5) is 5.00 Å². The van der Waals surface area contributed by atoms with Gasteiger partial charge in [-0.05, 0) is 46.3 Å². The van der Waals surface area contributed by atoms with Crippen LogP contribution in [0.3, 0.4) is 0 Å². The van der Waals surface area contributed by atoms with Crippen LogP contribution < -0.4 is 5.32 Å². The molecule has 2 rings (SSSR count). The van der Waals surface area contributed by atoms with Crippen LogP contribution in [-0.2, 0) is 0 Å². The minimum absolute atomic E-state index is 0.185. The Morgan fingerprint density at radius 3 is 2.47 bits per heavy atom. The van der Waals surface area contributed by atoms with Gasteiger partial charge in [0.05, 0.1) is 10.6 Å². The Labute approximate surface area is 129 Å². The van der Waals surface area contributed by atoms with Crippen molar-refractivity contribution < 1.29 is 14.7 Å². The summed E-state index contributed by atoms with van der Waals surface area (Å²) >= 11 is 7.63. The molecule has 1 amide bonds. The van der Waals surface area contributed by atoms with Gasteiger partial charge in [-0.1, -0.05) is 15.9 Å². The number of carboxylic acid groups (broad SMARTS) is 1. The number of anilines is 1. The summed E-state index contributed by atoms with van der Waals surface area (Å²) in [6.45, 7) is 0. The summed E-state index contributed by atoms with van der Waals surface area (Å²) in [5, 5.41) is 12.0.